The van der Waals surface area contributed by atoms with Crippen LogP contribution in [0, 0.1) is 5.92 Å². The number of hydrogen-bond acceptors (Lipinski definition) is 2. The molecule has 1 aliphatic heterocycles. The average molecular weight is 319 g/mol. The van der Waals surface area contributed by atoms with Crippen molar-refractivity contribution in [3.8, 4) is 0 Å². The van der Waals surface area contributed by atoms with E-state index in [1.54, 1.807) is 0 Å². The first-order chi connectivity index (χ1) is 11.8. The van der Waals surface area contributed by atoms with Gasteiger partial charge in [0, 0.05) is 37.6 Å². The summed E-state index contributed by atoms with van der Waals surface area (Å²) in [4.78, 5) is 18.9. The Kier molecular flexibility index (Phi) is 4.03. The van der Waals surface area contributed by atoms with E-state index in [9.17, 15) is 4.79 Å². The molecule has 4 heteroatoms. The monoisotopic (exact) mass is 319 g/mol. The van der Waals surface area contributed by atoms with Gasteiger partial charge in [0.2, 0.25) is 0 Å². The van der Waals surface area contributed by atoms with Crippen molar-refractivity contribution in [2.24, 2.45) is 5.92 Å². The SMILES string of the molecule is O=C(c1ccc2ccccc2c1)N1CCC(Cn2ccnc2)CC1. The number of carbonyl (C=O) groups excluding carboxylic acids is 1. The van der Waals surface area contributed by atoms with Crippen LogP contribution >= 0.6 is 0 Å². The van der Waals surface area contributed by atoms with Crippen molar-refractivity contribution in [2.45, 2.75) is 19.4 Å². The minimum absolute atomic E-state index is 0.154. The number of benzene rings is 2. The average Bonchev–Trinajstić information content (AvgIpc) is 3.14. The minimum atomic E-state index is 0.154. The lowest BCUT2D eigenvalue weighted by molar-refractivity contribution is 0.0683. The second-order valence-corrected chi connectivity index (χ2v) is 6.56. The fourth-order valence-corrected chi connectivity index (χ4v) is 3.52. The Bertz CT molecular complexity index is 833. The van der Waals surface area contributed by atoms with Crippen molar-refractivity contribution in [3.05, 3.63) is 66.7 Å². The van der Waals surface area contributed by atoms with Crippen LogP contribution in [0.3, 0.4) is 0 Å². The summed E-state index contributed by atoms with van der Waals surface area (Å²) < 4.78 is 2.13. The molecular formula is C20H21N3O. The first-order valence-corrected chi connectivity index (χ1v) is 8.53. The van der Waals surface area contributed by atoms with E-state index < -0.39 is 0 Å². The molecule has 0 radical (unpaired) electrons. The minimum Gasteiger partial charge on any atom is -0.339 e. The van der Waals surface area contributed by atoms with Crippen LogP contribution in [-0.4, -0.2) is 33.4 Å². The Hall–Kier alpha value is -2.62. The zero-order valence-corrected chi connectivity index (χ0v) is 13.6. The van der Waals surface area contributed by atoms with E-state index in [1.165, 1.54) is 5.39 Å². The molecule has 0 bridgehead atoms. The van der Waals surface area contributed by atoms with Gasteiger partial charge in [-0.1, -0.05) is 30.3 Å². The predicted molar refractivity (Wildman–Crippen MR) is 94.8 cm³/mol. The van der Waals surface area contributed by atoms with E-state index >= 15 is 0 Å². The maximum Gasteiger partial charge on any atom is 0.253 e. The van der Waals surface area contributed by atoms with Crippen molar-refractivity contribution >= 4 is 16.7 Å². The molecule has 4 nitrogen and oxygen atoms in total. The third-order valence-corrected chi connectivity index (χ3v) is 4.93. The quantitative estimate of drug-likeness (QED) is 0.740. The second-order valence-electron chi connectivity index (χ2n) is 6.56. The lowest BCUT2D eigenvalue weighted by Gasteiger charge is -2.32. The molecule has 1 saturated heterocycles. The topological polar surface area (TPSA) is 38.1 Å². The number of aromatic nitrogens is 2. The van der Waals surface area contributed by atoms with Crippen molar-refractivity contribution in [1.82, 2.24) is 14.5 Å². The lowest BCUT2D eigenvalue weighted by atomic mass is 9.96. The Balaban J connectivity index is 1.41. The first-order valence-electron chi connectivity index (χ1n) is 8.53. The van der Waals surface area contributed by atoms with E-state index in [0.717, 1.165) is 43.4 Å². The molecule has 24 heavy (non-hydrogen) atoms. The van der Waals surface area contributed by atoms with Gasteiger partial charge in [-0.15, -0.1) is 0 Å². The van der Waals surface area contributed by atoms with Crippen LogP contribution in [0.4, 0.5) is 0 Å². The standard InChI is InChI=1S/C20H21N3O/c24-20(19-6-5-17-3-1-2-4-18(17)13-19)23-10-7-16(8-11-23)14-22-12-9-21-15-22/h1-6,9,12-13,15-16H,7-8,10-11,14H2. The maximum absolute atomic E-state index is 12.8. The molecule has 0 N–H and O–H groups in total. The Morgan fingerprint density at radius 3 is 2.62 bits per heavy atom. The summed E-state index contributed by atoms with van der Waals surface area (Å²) in [5, 5.41) is 2.30. The molecule has 2 heterocycles. The van der Waals surface area contributed by atoms with Crippen LogP contribution < -0.4 is 0 Å². The number of imidazole rings is 1. The fraction of sp³-hybridized carbons (Fsp3) is 0.300. The Labute approximate surface area is 141 Å². The maximum atomic E-state index is 12.8. The van der Waals surface area contributed by atoms with Gasteiger partial charge in [0.05, 0.1) is 6.33 Å². The molecule has 1 amide bonds. The first kappa shape index (κ1) is 14.9. The molecule has 0 atom stereocenters. The molecule has 1 aromatic heterocycles. The van der Waals surface area contributed by atoms with Gasteiger partial charge in [-0.2, -0.15) is 0 Å². The number of carbonyl (C=O) groups is 1. The van der Waals surface area contributed by atoms with Gasteiger partial charge in [0.25, 0.3) is 5.91 Å². The Morgan fingerprint density at radius 1 is 1.08 bits per heavy atom. The molecule has 1 fully saturated rings. The fourth-order valence-electron chi connectivity index (χ4n) is 3.52. The summed E-state index contributed by atoms with van der Waals surface area (Å²) in [6, 6.07) is 14.2. The summed E-state index contributed by atoms with van der Waals surface area (Å²) in [7, 11) is 0. The number of amides is 1. The van der Waals surface area contributed by atoms with Crippen molar-refractivity contribution in [2.75, 3.05) is 13.1 Å². The Morgan fingerprint density at radius 2 is 1.88 bits per heavy atom. The summed E-state index contributed by atoms with van der Waals surface area (Å²) >= 11 is 0. The van der Waals surface area contributed by atoms with E-state index in [2.05, 4.69) is 21.7 Å². The molecule has 2 aromatic carbocycles. The van der Waals surface area contributed by atoms with Gasteiger partial charge in [-0.25, -0.2) is 4.98 Å². The van der Waals surface area contributed by atoms with Gasteiger partial charge in [0.1, 0.15) is 0 Å². The van der Waals surface area contributed by atoms with Crippen molar-refractivity contribution in [3.63, 3.8) is 0 Å². The molecule has 0 aliphatic carbocycles. The van der Waals surface area contributed by atoms with E-state index in [1.807, 2.05) is 54.0 Å². The zero-order valence-electron chi connectivity index (χ0n) is 13.6. The third kappa shape index (κ3) is 3.04. The van der Waals surface area contributed by atoms with Gasteiger partial charge in [0.15, 0.2) is 0 Å². The summed E-state index contributed by atoms with van der Waals surface area (Å²) in [6.07, 6.45) is 7.80. The highest BCUT2D eigenvalue weighted by Gasteiger charge is 2.23. The van der Waals surface area contributed by atoms with Gasteiger partial charge in [-0.3, -0.25) is 4.79 Å². The van der Waals surface area contributed by atoms with Crippen LogP contribution in [0.2, 0.25) is 0 Å². The highest BCUT2D eigenvalue weighted by Crippen LogP contribution is 2.22. The third-order valence-electron chi connectivity index (χ3n) is 4.93. The van der Waals surface area contributed by atoms with E-state index in [0.29, 0.717) is 5.92 Å². The van der Waals surface area contributed by atoms with Gasteiger partial charge < -0.3 is 9.47 Å². The highest BCUT2D eigenvalue weighted by atomic mass is 16.2. The largest absolute Gasteiger partial charge is 0.339 e. The normalized spacial score (nSPS) is 15.8. The number of fused-ring (bicyclic) bond motifs is 1. The molecule has 0 unspecified atom stereocenters. The van der Waals surface area contributed by atoms with E-state index in [-0.39, 0.29) is 5.91 Å². The van der Waals surface area contributed by atoms with Crippen LogP contribution in [0.1, 0.15) is 23.2 Å². The van der Waals surface area contributed by atoms with Crippen molar-refractivity contribution < 1.29 is 4.79 Å². The second kappa shape index (κ2) is 6.48. The molecule has 4 rings (SSSR count). The van der Waals surface area contributed by atoms with Crippen LogP contribution in [0.25, 0.3) is 10.8 Å². The molecule has 3 aromatic rings. The highest BCUT2D eigenvalue weighted by molar-refractivity contribution is 5.98. The summed E-state index contributed by atoms with van der Waals surface area (Å²) in [6.45, 7) is 2.67. The van der Waals surface area contributed by atoms with Crippen LogP contribution in [0.5, 0.6) is 0 Å². The number of nitrogens with zero attached hydrogens (tertiary/aromatic N) is 3. The smallest absolute Gasteiger partial charge is 0.253 e. The summed E-state index contributed by atoms with van der Waals surface area (Å²) in [5.41, 5.74) is 0.793. The van der Waals surface area contributed by atoms with Crippen LogP contribution in [-0.2, 0) is 6.54 Å². The van der Waals surface area contributed by atoms with Crippen molar-refractivity contribution in [1.29, 1.82) is 0 Å². The van der Waals surface area contributed by atoms with Gasteiger partial charge in [-0.05, 0) is 41.7 Å². The zero-order chi connectivity index (χ0) is 16.4. The predicted octanol–water partition coefficient (Wildman–Crippen LogP) is 3.59. The number of rotatable bonds is 3. The molecule has 1 aliphatic rings. The van der Waals surface area contributed by atoms with E-state index in [4.69, 9.17) is 0 Å². The molecular weight excluding hydrogens is 298 g/mol. The molecule has 0 spiro atoms. The number of likely N-dealkylation sites (tertiary alicyclic amines) is 1. The molecule has 122 valence electrons. The van der Waals surface area contributed by atoms with Crippen LogP contribution in [0.15, 0.2) is 61.2 Å². The number of hydrogen-bond donors (Lipinski definition) is 0. The van der Waals surface area contributed by atoms with Gasteiger partial charge >= 0.3 is 0 Å². The summed E-state index contributed by atoms with van der Waals surface area (Å²) in [5.74, 6) is 0.779. The lowest BCUT2D eigenvalue weighted by Crippen LogP contribution is -2.39. The number of piperidine rings is 1. The molecule has 0 saturated carbocycles.